The van der Waals surface area contributed by atoms with Gasteiger partial charge in [-0.1, -0.05) is 12.1 Å². The van der Waals surface area contributed by atoms with Gasteiger partial charge in [0.15, 0.2) is 0 Å². The van der Waals surface area contributed by atoms with Crippen LogP contribution in [0.3, 0.4) is 0 Å². The molecule has 0 saturated carbocycles. The van der Waals surface area contributed by atoms with Gasteiger partial charge in [0.2, 0.25) is 10.0 Å². The Labute approximate surface area is 141 Å². The van der Waals surface area contributed by atoms with Crippen molar-refractivity contribution in [2.45, 2.75) is 24.4 Å². The smallest absolute Gasteiger partial charge is 0.315 e. The quantitative estimate of drug-likeness (QED) is 0.737. The molecule has 3 N–H and O–H groups in total. The van der Waals surface area contributed by atoms with Gasteiger partial charge in [0, 0.05) is 18.9 Å². The SMILES string of the molecule is CNS(=O)(=O)c1ccc(CNC(=O)N[C@H](C)c2ccncc2)cc1. The molecular weight excluding hydrogens is 328 g/mol. The van der Waals surface area contributed by atoms with Gasteiger partial charge >= 0.3 is 6.03 Å². The minimum absolute atomic E-state index is 0.142. The molecule has 0 unspecified atom stereocenters. The van der Waals surface area contributed by atoms with E-state index in [4.69, 9.17) is 0 Å². The van der Waals surface area contributed by atoms with E-state index in [0.29, 0.717) is 6.54 Å². The van der Waals surface area contributed by atoms with E-state index in [1.54, 1.807) is 24.5 Å². The highest BCUT2D eigenvalue weighted by molar-refractivity contribution is 7.89. The highest BCUT2D eigenvalue weighted by atomic mass is 32.2. The second kappa shape index (κ2) is 7.89. The Kier molecular flexibility index (Phi) is 5.88. The third-order valence-corrected chi connectivity index (χ3v) is 4.94. The van der Waals surface area contributed by atoms with Gasteiger partial charge in [0.1, 0.15) is 0 Å². The molecule has 0 aliphatic heterocycles. The fraction of sp³-hybridized carbons (Fsp3) is 0.250. The molecule has 0 aliphatic rings. The van der Waals surface area contributed by atoms with Gasteiger partial charge in [-0.2, -0.15) is 0 Å². The van der Waals surface area contributed by atoms with Gasteiger partial charge in [-0.3, -0.25) is 4.98 Å². The van der Waals surface area contributed by atoms with Crippen LogP contribution in [0.4, 0.5) is 4.79 Å². The number of nitrogens with one attached hydrogen (secondary N) is 3. The molecule has 0 spiro atoms. The summed E-state index contributed by atoms with van der Waals surface area (Å²) in [6.45, 7) is 2.18. The highest BCUT2D eigenvalue weighted by Crippen LogP contribution is 2.11. The number of urea groups is 1. The molecule has 0 aliphatic carbocycles. The number of amides is 2. The zero-order valence-electron chi connectivity index (χ0n) is 13.5. The predicted molar refractivity (Wildman–Crippen MR) is 90.7 cm³/mol. The Morgan fingerprint density at radius 2 is 1.75 bits per heavy atom. The lowest BCUT2D eigenvalue weighted by molar-refractivity contribution is 0.237. The lowest BCUT2D eigenvalue weighted by atomic mass is 10.1. The van der Waals surface area contributed by atoms with Crippen molar-refractivity contribution in [3.8, 4) is 0 Å². The average molecular weight is 348 g/mol. The largest absolute Gasteiger partial charge is 0.334 e. The molecule has 7 nitrogen and oxygen atoms in total. The van der Waals surface area contributed by atoms with Crippen LogP contribution in [-0.4, -0.2) is 26.5 Å². The first-order valence-electron chi connectivity index (χ1n) is 7.39. The van der Waals surface area contributed by atoms with Crippen molar-refractivity contribution in [2.24, 2.45) is 0 Å². The van der Waals surface area contributed by atoms with Gasteiger partial charge < -0.3 is 10.6 Å². The van der Waals surface area contributed by atoms with E-state index < -0.39 is 10.0 Å². The number of hydrogen-bond donors (Lipinski definition) is 3. The fourth-order valence-electron chi connectivity index (χ4n) is 2.07. The summed E-state index contributed by atoms with van der Waals surface area (Å²) >= 11 is 0. The lowest BCUT2D eigenvalue weighted by Crippen LogP contribution is -2.36. The molecule has 8 heteroatoms. The highest BCUT2D eigenvalue weighted by Gasteiger charge is 2.11. The molecule has 2 rings (SSSR count). The van der Waals surface area contributed by atoms with Gasteiger partial charge in [0.25, 0.3) is 0 Å². The van der Waals surface area contributed by atoms with E-state index >= 15 is 0 Å². The first-order valence-corrected chi connectivity index (χ1v) is 8.87. The molecule has 0 fully saturated rings. The van der Waals surface area contributed by atoms with E-state index in [0.717, 1.165) is 11.1 Å². The van der Waals surface area contributed by atoms with Crippen LogP contribution in [0, 0.1) is 0 Å². The molecule has 2 aromatic rings. The Morgan fingerprint density at radius 1 is 1.12 bits per heavy atom. The van der Waals surface area contributed by atoms with Crippen molar-refractivity contribution < 1.29 is 13.2 Å². The molecule has 0 saturated heterocycles. The standard InChI is InChI=1S/C16H20N4O3S/c1-12(14-7-9-18-10-8-14)20-16(21)19-11-13-3-5-15(6-4-13)24(22,23)17-2/h3-10,12,17H,11H2,1-2H3,(H2,19,20,21)/t12-/m1/s1. The summed E-state index contributed by atoms with van der Waals surface area (Å²) in [7, 11) is -2.09. The topological polar surface area (TPSA) is 100 Å². The number of nitrogens with zero attached hydrogens (tertiary/aromatic N) is 1. The van der Waals surface area contributed by atoms with Crippen molar-refractivity contribution in [3.05, 3.63) is 59.9 Å². The second-order valence-corrected chi connectivity index (χ2v) is 7.07. The van der Waals surface area contributed by atoms with Crippen LogP contribution in [0.15, 0.2) is 53.7 Å². The number of carbonyl (C=O) groups excluding carboxylic acids is 1. The summed E-state index contributed by atoms with van der Waals surface area (Å²) in [5.74, 6) is 0. The summed E-state index contributed by atoms with van der Waals surface area (Å²) in [6.07, 6.45) is 3.35. The van der Waals surface area contributed by atoms with E-state index in [1.165, 1.54) is 19.2 Å². The number of sulfonamides is 1. The van der Waals surface area contributed by atoms with E-state index in [1.807, 2.05) is 19.1 Å². The van der Waals surface area contributed by atoms with E-state index in [-0.39, 0.29) is 17.0 Å². The molecular formula is C16H20N4O3S. The van der Waals surface area contributed by atoms with Crippen molar-refractivity contribution in [1.29, 1.82) is 0 Å². The van der Waals surface area contributed by atoms with Crippen LogP contribution < -0.4 is 15.4 Å². The number of carbonyl (C=O) groups is 1. The Hall–Kier alpha value is -2.45. The number of rotatable bonds is 6. The van der Waals surface area contributed by atoms with Crippen molar-refractivity contribution in [2.75, 3.05) is 7.05 Å². The van der Waals surface area contributed by atoms with Gasteiger partial charge in [-0.05, 0) is 49.4 Å². The number of benzene rings is 1. The van der Waals surface area contributed by atoms with E-state index in [9.17, 15) is 13.2 Å². The third-order valence-electron chi connectivity index (χ3n) is 3.51. The molecule has 0 radical (unpaired) electrons. The molecule has 1 atom stereocenters. The van der Waals surface area contributed by atoms with Crippen LogP contribution in [0.5, 0.6) is 0 Å². The molecule has 128 valence electrons. The summed E-state index contributed by atoms with van der Waals surface area (Å²) in [5, 5.41) is 5.57. The number of pyridine rings is 1. The lowest BCUT2D eigenvalue weighted by Gasteiger charge is -2.15. The van der Waals surface area contributed by atoms with Crippen LogP contribution in [0.25, 0.3) is 0 Å². The van der Waals surface area contributed by atoms with Crippen LogP contribution in [-0.2, 0) is 16.6 Å². The molecule has 1 aromatic carbocycles. The summed E-state index contributed by atoms with van der Waals surface area (Å²) in [6, 6.07) is 9.56. The fourth-order valence-corrected chi connectivity index (χ4v) is 2.80. The summed E-state index contributed by atoms with van der Waals surface area (Å²) in [5.41, 5.74) is 1.76. The van der Waals surface area contributed by atoms with Crippen molar-refractivity contribution >= 4 is 16.1 Å². The molecule has 0 bridgehead atoms. The van der Waals surface area contributed by atoms with Crippen LogP contribution in [0.2, 0.25) is 0 Å². The first kappa shape index (κ1) is 17.9. The Balaban J connectivity index is 1.88. The normalized spacial score (nSPS) is 12.4. The van der Waals surface area contributed by atoms with E-state index in [2.05, 4.69) is 20.3 Å². The molecule has 1 aromatic heterocycles. The van der Waals surface area contributed by atoms with Gasteiger partial charge in [-0.15, -0.1) is 0 Å². The zero-order chi connectivity index (χ0) is 17.6. The van der Waals surface area contributed by atoms with Crippen molar-refractivity contribution in [1.82, 2.24) is 20.3 Å². The Morgan fingerprint density at radius 3 is 2.33 bits per heavy atom. The first-order chi connectivity index (χ1) is 11.4. The monoisotopic (exact) mass is 348 g/mol. The maximum atomic E-state index is 11.9. The molecule has 2 amide bonds. The summed E-state index contributed by atoms with van der Waals surface area (Å²) in [4.78, 5) is 16.1. The Bertz CT molecular complexity index is 777. The zero-order valence-corrected chi connectivity index (χ0v) is 14.3. The number of hydrogen-bond acceptors (Lipinski definition) is 4. The average Bonchev–Trinajstić information content (AvgIpc) is 2.61. The minimum atomic E-state index is -3.45. The third kappa shape index (κ3) is 4.77. The molecule has 24 heavy (non-hydrogen) atoms. The minimum Gasteiger partial charge on any atom is -0.334 e. The summed E-state index contributed by atoms with van der Waals surface area (Å²) < 4.78 is 25.5. The van der Waals surface area contributed by atoms with Crippen LogP contribution in [0.1, 0.15) is 24.1 Å². The number of aromatic nitrogens is 1. The second-order valence-electron chi connectivity index (χ2n) is 5.18. The maximum absolute atomic E-state index is 11.9. The molecule has 1 heterocycles. The van der Waals surface area contributed by atoms with Gasteiger partial charge in [-0.25, -0.2) is 17.9 Å². The van der Waals surface area contributed by atoms with Crippen molar-refractivity contribution in [3.63, 3.8) is 0 Å². The predicted octanol–water partition coefficient (Wildman–Crippen LogP) is 1.55. The maximum Gasteiger partial charge on any atom is 0.315 e. The van der Waals surface area contributed by atoms with Crippen LogP contribution >= 0.6 is 0 Å². The van der Waals surface area contributed by atoms with Gasteiger partial charge in [0.05, 0.1) is 10.9 Å².